The summed E-state index contributed by atoms with van der Waals surface area (Å²) >= 11 is 0.735. The van der Waals surface area contributed by atoms with Crippen LogP contribution in [0.2, 0.25) is 0 Å². The van der Waals surface area contributed by atoms with Crippen molar-refractivity contribution in [1.29, 1.82) is 0 Å². The summed E-state index contributed by atoms with van der Waals surface area (Å²) in [5.74, 6) is -0.716. The molecular formula is C22H21NO7S. The molecule has 0 radical (unpaired) electrons. The summed E-state index contributed by atoms with van der Waals surface area (Å²) in [6.45, 7) is 5.29. The third-order valence-electron chi connectivity index (χ3n) is 4.42. The van der Waals surface area contributed by atoms with Gasteiger partial charge in [0.15, 0.2) is 0 Å². The Kier molecular flexibility index (Phi) is 6.96. The highest BCUT2D eigenvalue weighted by Gasteiger charge is 2.41. The lowest BCUT2D eigenvalue weighted by molar-refractivity contribution is -0.150. The van der Waals surface area contributed by atoms with Gasteiger partial charge in [0, 0.05) is 11.6 Å². The van der Waals surface area contributed by atoms with Crippen molar-refractivity contribution < 1.29 is 33.1 Å². The number of esters is 2. The molecule has 0 aliphatic carbocycles. The van der Waals surface area contributed by atoms with Crippen LogP contribution < -0.4 is 0 Å². The van der Waals surface area contributed by atoms with Crippen molar-refractivity contribution in [3.05, 3.63) is 52.6 Å². The summed E-state index contributed by atoms with van der Waals surface area (Å²) in [6.07, 6.45) is 1.46. The SMILES string of the molecule is CCOC(=O)c1ccc(-c2ccc(/C=C3/SC(=O)N([C@@H](C)C(=O)OCC)C3=O)o2)cc1. The Morgan fingerprint density at radius 3 is 2.39 bits per heavy atom. The zero-order valence-electron chi connectivity index (χ0n) is 17.2. The fourth-order valence-corrected chi connectivity index (χ4v) is 3.77. The lowest BCUT2D eigenvalue weighted by Gasteiger charge is -2.19. The molecule has 2 aromatic rings. The zero-order chi connectivity index (χ0) is 22.5. The monoisotopic (exact) mass is 443 g/mol. The molecule has 1 aliphatic rings. The van der Waals surface area contributed by atoms with E-state index < -0.39 is 29.1 Å². The van der Waals surface area contributed by atoms with E-state index in [1.165, 1.54) is 13.0 Å². The summed E-state index contributed by atoms with van der Waals surface area (Å²) < 4.78 is 15.6. The Morgan fingerprint density at radius 2 is 1.74 bits per heavy atom. The first-order chi connectivity index (χ1) is 14.8. The fourth-order valence-electron chi connectivity index (χ4n) is 2.88. The average Bonchev–Trinajstić information content (AvgIpc) is 3.32. The van der Waals surface area contributed by atoms with Crippen molar-refractivity contribution in [3.63, 3.8) is 0 Å². The highest BCUT2D eigenvalue weighted by Crippen LogP contribution is 2.34. The lowest BCUT2D eigenvalue weighted by Crippen LogP contribution is -2.42. The van der Waals surface area contributed by atoms with Gasteiger partial charge in [-0.05, 0) is 56.8 Å². The number of ether oxygens (including phenoxy) is 2. The highest BCUT2D eigenvalue weighted by molar-refractivity contribution is 8.18. The molecule has 1 aromatic carbocycles. The van der Waals surface area contributed by atoms with Crippen molar-refractivity contribution in [2.75, 3.05) is 13.2 Å². The third kappa shape index (κ3) is 4.88. The van der Waals surface area contributed by atoms with Crippen LogP contribution in [0, 0.1) is 0 Å². The second-order valence-electron chi connectivity index (χ2n) is 6.48. The van der Waals surface area contributed by atoms with Crippen LogP contribution in [0.5, 0.6) is 0 Å². The molecule has 162 valence electrons. The molecule has 0 bridgehead atoms. The van der Waals surface area contributed by atoms with Gasteiger partial charge >= 0.3 is 11.9 Å². The van der Waals surface area contributed by atoms with E-state index in [9.17, 15) is 19.2 Å². The second kappa shape index (κ2) is 9.65. The van der Waals surface area contributed by atoms with Crippen LogP contribution in [-0.4, -0.2) is 47.2 Å². The van der Waals surface area contributed by atoms with Crippen molar-refractivity contribution in [3.8, 4) is 11.3 Å². The van der Waals surface area contributed by atoms with Crippen LogP contribution in [0.25, 0.3) is 17.4 Å². The molecule has 9 heteroatoms. The van der Waals surface area contributed by atoms with Gasteiger partial charge in [-0.15, -0.1) is 0 Å². The molecule has 1 aromatic heterocycles. The van der Waals surface area contributed by atoms with Crippen molar-refractivity contribution in [2.24, 2.45) is 0 Å². The van der Waals surface area contributed by atoms with Crippen LogP contribution in [0.15, 0.2) is 45.7 Å². The van der Waals surface area contributed by atoms with E-state index in [0.29, 0.717) is 23.7 Å². The summed E-state index contributed by atoms with van der Waals surface area (Å²) in [7, 11) is 0. The van der Waals surface area contributed by atoms with E-state index in [1.807, 2.05) is 0 Å². The number of benzene rings is 1. The fraction of sp³-hybridized carbons (Fsp3) is 0.273. The summed E-state index contributed by atoms with van der Waals surface area (Å²) in [4.78, 5) is 49.6. The molecule has 1 saturated heterocycles. The smallest absolute Gasteiger partial charge is 0.338 e. The molecule has 1 aliphatic heterocycles. The van der Waals surface area contributed by atoms with E-state index in [0.717, 1.165) is 22.2 Å². The number of amides is 2. The molecule has 8 nitrogen and oxygen atoms in total. The molecule has 2 heterocycles. The quantitative estimate of drug-likeness (QED) is 0.465. The van der Waals surface area contributed by atoms with Crippen LogP contribution in [0.3, 0.4) is 0 Å². The van der Waals surface area contributed by atoms with Crippen molar-refractivity contribution >= 4 is 40.9 Å². The number of thioether (sulfide) groups is 1. The molecule has 0 saturated carbocycles. The largest absolute Gasteiger partial charge is 0.464 e. The Hall–Kier alpha value is -3.33. The highest BCUT2D eigenvalue weighted by atomic mass is 32.2. The van der Waals surface area contributed by atoms with E-state index in [1.54, 1.807) is 50.2 Å². The van der Waals surface area contributed by atoms with Crippen molar-refractivity contribution in [1.82, 2.24) is 4.90 Å². The Labute approximate surface area is 183 Å². The lowest BCUT2D eigenvalue weighted by atomic mass is 10.1. The molecule has 0 N–H and O–H groups in total. The molecule has 2 amide bonds. The molecule has 0 unspecified atom stereocenters. The van der Waals surface area contributed by atoms with Crippen LogP contribution in [0.4, 0.5) is 4.79 Å². The Balaban J connectivity index is 1.76. The van der Waals surface area contributed by atoms with Crippen LogP contribution >= 0.6 is 11.8 Å². The average molecular weight is 443 g/mol. The first-order valence-electron chi connectivity index (χ1n) is 9.66. The number of carbonyl (C=O) groups excluding carboxylic acids is 4. The van der Waals surface area contributed by atoms with Gasteiger partial charge in [0.2, 0.25) is 0 Å². The van der Waals surface area contributed by atoms with E-state index in [-0.39, 0.29) is 11.5 Å². The second-order valence-corrected chi connectivity index (χ2v) is 7.47. The van der Waals surface area contributed by atoms with Gasteiger partial charge in [-0.2, -0.15) is 0 Å². The van der Waals surface area contributed by atoms with Gasteiger partial charge in [0.05, 0.1) is 23.7 Å². The molecule has 1 atom stereocenters. The molecular weight excluding hydrogens is 422 g/mol. The third-order valence-corrected chi connectivity index (χ3v) is 5.30. The minimum absolute atomic E-state index is 0.153. The number of furan rings is 1. The minimum Gasteiger partial charge on any atom is -0.464 e. The normalized spacial score (nSPS) is 16.0. The van der Waals surface area contributed by atoms with Gasteiger partial charge in [-0.1, -0.05) is 12.1 Å². The van der Waals surface area contributed by atoms with Crippen LogP contribution in [0.1, 0.15) is 36.9 Å². The van der Waals surface area contributed by atoms with E-state index in [4.69, 9.17) is 13.9 Å². The number of hydrogen-bond acceptors (Lipinski definition) is 8. The number of nitrogens with zero attached hydrogens (tertiary/aromatic N) is 1. The molecule has 1 fully saturated rings. The summed E-state index contributed by atoms with van der Waals surface area (Å²) in [6, 6.07) is 9.10. The number of hydrogen-bond donors (Lipinski definition) is 0. The molecule has 0 spiro atoms. The van der Waals surface area contributed by atoms with Crippen LogP contribution in [-0.2, 0) is 19.1 Å². The first kappa shape index (κ1) is 22.4. The molecule has 3 rings (SSSR count). The number of rotatable bonds is 7. The summed E-state index contributed by atoms with van der Waals surface area (Å²) in [5.41, 5.74) is 1.17. The Morgan fingerprint density at radius 1 is 1.06 bits per heavy atom. The predicted molar refractivity (Wildman–Crippen MR) is 114 cm³/mol. The van der Waals surface area contributed by atoms with Gasteiger partial charge in [-0.3, -0.25) is 14.5 Å². The van der Waals surface area contributed by atoms with Crippen molar-refractivity contribution in [2.45, 2.75) is 26.8 Å². The first-order valence-corrected chi connectivity index (χ1v) is 10.5. The number of imide groups is 1. The van der Waals surface area contributed by atoms with E-state index >= 15 is 0 Å². The zero-order valence-corrected chi connectivity index (χ0v) is 18.1. The van der Waals surface area contributed by atoms with Gasteiger partial charge in [-0.25, -0.2) is 9.59 Å². The topological polar surface area (TPSA) is 103 Å². The standard InChI is InChI=1S/C22H21NO7S/c1-4-28-20(25)13(3)23-19(24)18(31-22(23)27)12-16-10-11-17(30-16)14-6-8-15(9-7-14)21(26)29-5-2/h6-13H,4-5H2,1-3H3/b18-12+/t13-/m0/s1. The Bertz CT molecular complexity index is 1040. The van der Waals surface area contributed by atoms with Gasteiger partial charge < -0.3 is 13.9 Å². The van der Waals surface area contributed by atoms with Gasteiger partial charge in [0.25, 0.3) is 11.1 Å². The maximum absolute atomic E-state index is 12.6. The predicted octanol–water partition coefficient (Wildman–Crippen LogP) is 4.11. The minimum atomic E-state index is -1.01. The number of carbonyl (C=O) groups is 4. The summed E-state index contributed by atoms with van der Waals surface area (Å²) in [5, 5.41) is -0.543. The maximum atomic E-state index is 12.6. The molecule has 31 heavy (non-hydrogen) atoms. The van der Waals surface area contributed by atoms with E-state index in [2.05, 4.69) is 0 Å². The van der Waals surface area contributed by atoms with Gasteiger partial charge in [0.1, 0.15) is 17.6 Å². The maximum Gasteiger partial charge on any atom is 0.338 e.